The van der Waals surface area contributed by atoms with Gasteiger partial charge in [0.25, 0.3) is 6.43 Å². The zero-order valence-electron chi connectivity index (χ0n) is 15.0. The quantitative estimate of drug-likeness (QED) is 0.745. The Bertz CT molecular complexity index is 647. The molecule has 0 bridgehead atoms. The molecule has 0 saturated heterocycles. The summed E-state index contributed by atoms with van der Waals surface area (Å²) < 4.78 is 43.8. The maximum atomic E-state index is 16.5. The van der Waals surface area contributed by atoms with Gasteiger partial charge >= 0.3 is 0 Å². The average Bonchev–Trinajstić information content (AvgIpc) is 2.83. The molecule has 2 nitrogen and oxygen atoms in total. The lowest BCUT2D eigenvalue weighted by atomic mass is 9.45. The molecule has 3 fully saturated rings. The standard InChI is InChI=1S/C20H27F3O2/c1-17-7-5-13(24)11-12(17)3-4-15-14-6-8-20(25,16(21)22)18(14,2)9-10-19(15,17)23/h11,14-16,25H,3-10H2,1-2H3/t14-,15-,17-,18-,19-,20?/m0/s1. The molecule has 0 radical (unpaired) electrons. The van der Waals surface area contributed by atoms with Gasteiger partial charge in [-0.2, -0.15) is 0 Å². The second kappa shape index (κ2) is 5.11. The first kappa shape index (κ1) is 17.6. The predicted octanol–water partition coefficient (Wildman–Crippen LogP) is 4.61. The molecule has 0 amide bonds. The molecule has 0 aromatic carbocycles. The Kier molecular flexibility index (Phi) is 3.59. The third-order valence-electron chi connectivity index (χ3n) is 8.64. The Labute approximate surface area is 146 Å². The molecule has 5 heteroatoms. The van der Waals surface area contributed by atoms with Gasteiger partial charge in [-0.3, -0.25) is 4.79 Å². The van der Waals surface area contributed by atoms with Gasteiger partial charge in [0.15, 0.2) is 5.78 Å². The minimum Gasteiger partial charge on any atom is -0.383 e. The second-order valence-corrected chi connectivity index (χ2v) is 9.26. The number of carbonyl (C=O) groups excluding carboxylic acids is 1. The summed E-state index contributed by atoms with van der Waals surface area (Å²) in [5.41, 5.74) is -4.15. The number of halogens is 3. The fourth-order valence-electron chi connectivity index (χ4n) is 6.86. The summed E-state index contributed by atoms with van der Waals surface area (Å²) in [6, 6.07) is 0. The van der Waals surface area contributed by atoms with Crippen LogP contribution >= 0.6 is 0 Å². The number of aliphatic hydroxyl groups is 1. The van der Waals surface area contributed by atoms with Crippen molar-refractivity contribution < 1.29 is 23.1 Å². The van der Waals surface area contributed by atoms with Crippen molar-refractivity contribution >= 4 is 5.78 Å². The van der Waals surface area contributed by atoms with E-state index in [1.54, 1.807) is 13.0 Å². The van der Waals surface area contributed by atoms with Gasteiger partial charge in [-0.15, -0.1) is 0 Å². The van der Waals surface area contributed by atoms with Crippen molar-refractivity contribution in [1.82, 2.24) is 0 Å². The zero-order chi connectivity index (χ0) is 18.3. The van der Waals surface area contributed by atoms with Crippen LogP contribution in [-0.4, -0.2) is 28.6 Å². The lowest BCUT2D eigenvalue weighted by molar-refractivity contribution is -0.210. The van der Waals surface area contributed by atoms with E-state index in [-0.39, 0.29) is 36.9 Å². The molecule has 3 saturated carbocycles. The van der Waals surface area contributed by atoms with Crippen molar-refractivity contribution in [2.45, 2.75) is 82.9 Å². The summed E-state index contributed by atoms with van der Waals surface area (Å²) in [4.78, 5) is 11.8. The summed E-state index contributed by atoms with van der Waals surface area (Å²) in [6.07, 6.45) is 1.95. The zero-order valence-corrected chi connectivity index (χ0v) is 15.0. The van der Waals surface area contributed by atoms with Crippen molar-refractivity contribution in [3.05, 3.63) is 11.6 Å². The molecule has 0 spiro atoms. The topological polar surface area (TPSA) is 37.3 Å². The van der Waals surface area contributed by atoms with Crippen LogP contribution in [0.25, 0.3) is 0 Å². The highest BCUT2D eigenvalue weighted by Crippen LogP contribution is 2.70. The Morgan fingerprint density at radius 2 is 1.80 bits per heavy atom. The molecule has 4 aliphatic carbocycles. The number of allylic oxidation sites excluding steroid dienone is 1. The SMILES string of the molecule is C[C@]12CC[C@]3(F)[C@@H](CCC4=CC(=O)CC[C@@]43C)[C@@H]1CCC2(O)C(F)F. The highest BCUT2D eigenvalue weighted by molar-refractivity contribution is 5.91. The van der Waals surface area contributed by atoms with Crippen LogP contribution in [0, 0.1) is 22.7 Å². The number of alkyl halides is 3. The first-order valence-electron chi connectivity index (χ1n) is 9.52. The van der Waals surface area contributed by atoms with Gasteiger partial charge in [0.05, 0.1) is 0 Å². The van der Waals surface area contributed by atoms with Gasteiger partial charge in [-0.25, -0.2) is 13.2 Å². The van der Waals surface area contributed by atoms with Gasteiger partial charge < -0.3 is 5.11 Å². The largest absolute Gasteiger partial charge is 0.383 e. The fraction of sp³-hybridized carbons (Fsp3) is 0.850. The first-order chi connectivity index (χ1) is 11.6. The normalized spacial score (nSPS) is 52.4. The predicted molar refractivity (Wildman–Crippen MR) is 88.0 cm³/mol. The average molecular weight is 356 g/mol. The van der Waals surface area contributed by atoms with Crippen LogP contribution < -0.4 is 0 Å². The van der Waals surface area contributed by atoms with Crippen LogP contribution in [-0.2, 0) is 4.79 Å². The molecular weight excluding hydrogens is 329 g/mol. The molecule has 4 rings (SSSR count). The van der Waals surface area contributed by atoms with Gasteiger partial charge in [-0.05, 0) is 62.9 Å². The fourth-order valence-corrected chi connectivity index (χ4v) is 6.86. The van der Waals surface area contributed by atoms with Gasteiger partial charge in [0, 0.05) is 17.3 Å². The Morgan fingerprint density at radius 3 is 2.48 bits per heavy atom. The molecule has 0 heterocycles. The van der Waals surface area contributed by atoms with Crippen LogP contribution in [0.2, 0.25) is 0 Å². The van der Waals surface area contributed by atoms with E-state index in [4.69, 9.17) is 0 Å². The van der Waals surface area contributed by atoms with Crippen LogP contribution in [0.4, 0.5) is 13.2 Å². The number of carbonyl (C=O) groups is 1. The Morgan fingerprint density at radius 1 is 1.08 bits per heavy atom. The van der Waals surface area contributed by atoms with Crippen molar-refractivity contribution in [1.29, 1.82) is 0 Å². The molecule has 6 atom stereocenters. The van der Waals surface area contributed by atoms with Gasteiger partial charge in [0.2, 0.25) is 0 Å². The molecule has 4 aliphatic rings. The number of hydrogen-bond acceptors (Lipinski definition) is 2. The van der Waals surface area contributed by atoms with E-state index in [2.05, 4.69) is 0 Å². The third kappa shape index (κ3) is 1.94. The summed E-state index contributed by atoms with van der Waals surface area (Å²) in [7, 11) is 0. The van der Waals surface area contributed by atoms with Crippen LogP contribution in [0.1, 0.15) is 65.2 Å². The minimum absolute atomic E-state index is 0.0519. The third-order valence-corrected chi connectivity index (χ3v) is 8.64. The van der Waals surface area contributed by atoms with E-state index in [1.807, 2.05) is 6.92 Å². The smallest absolute Gasteiger partial charge is 0.267 e. The highest BCUT2D eigenvalue weighted by Gasteiger charge is 2.71. The summed E-state index contributed by atoms with van der Waals surface area (Å²) in [6.45, 7) is 3.67. The maximum absolute atomic E-state index is 16.5. The molecule has 1 unspecified atom stereocenters. The van der Waals surface area contributed by atoms with Gasteiger partial charge in [-0.1, -0.05) is 19.4 Å². The highest BCUT2D eigenvalue weighted by atomic mass is 19.3. The lowest BCUT2D eigenvalue weighted by Gasteiger charge is -2.62. The van der Waals surface area contributed by atoms with E-state index in [1.165, 1.54) is 0 Å². The number of fused-ring (bicyclic) bond motifs is 5. The first-order valence-corrected chi connectivity index (χ1v) is 9.52. The van der Waals surface area contributed by atoms with Crippen LogP contribution in [0.5, 0.6) is 0 Å². The van der Waals surface area contributed by atoms with Crippen molar-refractivity contribution in [2.75, 3.05) is 0 Å². The van der Waals surface area contributed by atoms with Crippen molar-refractivity contribution in [3.8, 4) is 0 Å². The van der Waals surface area contributed by atoms with Crippen molar-refractivity contribution in [3.63, 3.8) is 0 Å². The number of ketones is 1. The Hall–Kier alpha value is -0.840. The molecule has 0 aromatic rings. The van der Waals surface area contributed by atoms with Crippen LogP contribution in [0.15, 0.2) is 11.6 Å². The summed E-state index contributed by atoms with van der Waals surface area (Å²) in [5.74, 6) is -0.459. The molecular formula is C20H27F3O2. The maximum Gasteiger partial charge on any atom is 0.267 e. The second-order valence-electron chi connectivity index (χ2n) is 9.26. The van der Waals surface area contributed by atoms with E-state index in [0.717, 1.165) is 5.57 Å². The lowest BCUT2D eigenvalue weighted by Crippen LogP contribution is -2.63. The number of rotatable bonds is 1. The van der Waals surface area contributed by atoms with E-state index < -0.39 is 28.5 Å². The van der Waals surface area contributed by atoms with E-state index >= 15 is 4.39 Å². The summed E-state index contributed by atoms with van der Waals surface area (Å²) in [5, 5.41) is 10.7. The van der Waals surface area contributed by atoms with E-state index in [9.17, 15) is 18.7 Å². The molecule has 25 heavy (non-hydrogen) atoms. The van der Waals surface area contributed by atoms with E-state index in [0.29, 0.717) is 32.1 Å². The Balaban J connectivity index is 1.75. The summed E-state index contributed by atoms with van der Waals surface area (Å²) >= 11 is 0. The molecule has 0 aliphatic heterocycles. The van der Waals surface area contributed by atoms with Gasteiger partial charge in [0.1, 0.15) is 11.3 Å². The monoisotopic (exact) mass is 356 g/mol. The molecule has 1 N–H and O–H groups in total. The molecule has 140 valence electrons. The number of hydrogen-bond donors (Lipinski definition) is 1. The van der Waals surface area contributed by atoms with Crippen LogP contribution in [0.3, 0.4) is 0 Å². The van der Waals surface area contributed by atoms with Crippen molar-refractivity contribution in [2.24, 2.45) is 22.7 Å². The minimum atomic E-state index is -2.79. The molecule has 0 aromatic heterocycles.